The molecule has 6 rings (SSSR count). The van der Waals surface area contributed by atoms with Crippen molar-refractivity contribution in [2.24, 2.45) is 46.8 Å². The Labute approximate surface area is 354 Å². The van der Waals surface area contributed by atoms with Crippen LogP contribution in [0.4, 0.5) is 0 Å². The van der Waals surface area contributed by atoms with E-state index in [1.165, 1.54) is 16.7 Å². The molecule has 0 spiro atoms. The van der Waals surface area contributed by atoms with Crippen molar-refractivity contribution in [1.29, 1.82) is 0 Å². The van der Waals surface area contributed by atoms with Gasteiger partial charge in [-0.2, -0.15) is 0 Å². The Morgan fingerprint density at radius 1 is 0.767 bits per heavy atom. The number of aliphatic hydroxyl groups is 1. The number of hydrogen-bond donors (Lipinski definition) is 6. The van der Waals surface area contributed by atoms with Gasteiger partial charge in [-0.1, -0.05) is 61.8 Å². The van der Waals surface area contributed by atoms with Crippen molar-refractivity contribution in [3.63, 3.8) is 0 Å². The third-order valence-electron chi connectivity index (χ3n) is 14.5. The second kappa shape index (κ2) is 17.0. The average molecular weight is 840 g/mol. The molecule has 2 aliphatic heterocycles. The maximum Gasteiger partial charge on any atom is 0.247 e. The summed E-state index contributed by atoms with van der Waals surface area (Å²) in [5, 5.41) is 25.3. The molecule has 10 atom stereocenters. The zero-order chi connectivity index (χ0) is 44.2. The molecule has 4 saturated carbocycles. The fourth-order valence-corrected chi connectivity index (χ4v) is 11.3. The van der Waals surface area contributed by atoms with Gasteiger partial charge >= 0.3 is 0 Å². The number of amides is 7. The number of likely N-dealkylation sites (tertiary alicyclic amines) is 2. The molecule has 0 aromatic carbocycles. The van der Waals surface area contributed by atoms with Crippen molar-refractivity contribution in [3.05, 3.63) is 0 Å². The smallest absolute Gasteiger partial charge is 0.247 e. The van der Waals surface area contributed by atoms with Gasteiger partial charge in [-0.05, 0) is 75.0 Å². The highest BCUT2D eigenvalue weighted by atomic mass is 16.3. The first-order chi connectivity index (χ1) is 28.3. The Bertz CT molecular complexity index is 1720. The molecule has 6 fully saturated rings. The summed E-state index contributed by atoms with van der Waals surface area (Å²) in [6.07, 6.45) is 4.62. The third kappa shape index (κ3) is 7.94. The molecule has 10 unspecified atom stereocenters. The molecule has 7 amide bonds. The minimum atomic E-state index is -1.41. The molecular formula is C44H69N7O9. The summed E-state index contributed by atoms with van der Waals surface area (Å²) < 4.78 is 0. The van der Waals surface area contributed by atoms with Crippen LogP contribution in [-0.4, -0.2) is 123 Å². The number of aldehydes is 1. The lowest BCUT2D eigenvalue weighted by Gasteiger charge is -2.36. The highest BCUT2D eigenvalue weighted by Crippen LogP contribution is 2.83. The first-order valence-corrected chi connectivity index (χ1v) is 22.6. The van der Waals surface area contributed by atoms with Crippen LogP contribution in [0.15, 0.2) is 0 Å². The quantitative estimate of drug-likeness (QED) is 0.0968. The van der Waals surface area contributed by atoms with E-state index in [0.29, 0.717) is 44.6 Å². The first-order valence-electron chi connectivity index (χ1n) is 22.6. The van der Waals surface area contributed by atoms with Crippen molar-refractivity contribution in [3.8, 4) is 0 Å². The van der Waals surface area contributed by atoms with Crippen LogP contribution in [-0.2, 0) is 38.4 Å². The fourth-order valence-electron chi connectivity index (χ4n) is 11.3. The Kier molecular flexibility index (Phi) is 12.9. The van der Waals surface area contributed by atoms with Crippen LogP contribution in [0, 0.1) is 46.8 Å². The monoisotopic (exact) mass is 840 g/mol. The average Bonchev–Trinajstić information content (AvgIpc) is 4.15. The van der Waals surface area contributed by atoms with Crippen LogP contribution in [0.1, 0.15) is 120 Å². The van der Waals surface area contributed by atoms with Crippen molar-refractivity contribution >= 4 is 47.6 Å². The van der Waals surface area contributed by atoms with E-state index in [9.17, 15) is 43.5 Å². The maximum absolute atomic E-state index is 14.5. The van der Waals surface area contributed by atoms with Crippen molar-refractivity contribution in [2.45, 2.75) is 167 Å². The minimum absolute atomic E-state index is 0.0214. The highest BCUT2D eigenvalue weighted by molar-refractivity contribution is 6.04. The zero-order valence-corrected chi connectivity index (χ0v) is 37.0. The number of carbonyl (C=O) groups is 8. The SMILES string of the molecule is CCCC(=O)NC1(C(=O)NC(C(=O)NC2(C(=O)NC(CC(C)C)C(=O)N3CCCC3C(=O)NC(C(=O)N3CCCC3C=O)C(C)C)C3C2C3(C)C)C(C)O)C2C(CCC)C21. The molecule has 6 aliphatic rings. The van der Waals surface area contributed by atoms with E-state index >= 15 is 0 Å². The summed E-state index contributed by atoms with van der Waals surface area (Å²) in [6.45, 7) is 17.5. The summed E-state index contributed by atoms with van der Waals surface area (Å²) in [7, 11) is 0. The molecule has 2 saturated heterocycles. The fraction of sp³-hybridized carbons (Fsp3) is 0.818. The molecular weight excluding hydrogens is 771 g/mol. The van der Waals surface area contributed by atoms with E-state index in [1.54, 1.807) is 0 Å². The Hall–Kier alpha value is -4.08. The molecule has 16 nitrogen and oxygen atoms in total. The van der Waals surface area contributed by atoms with Crippen molar-refractivity contribution in [1.82, 2.24) is 36.4 Å². The maximum atomic E-state index is 14.5. The van der Waals surface area contributed by atoms with E-state index in [1.807, 2.05) is 48.5 Å². The predicted molar refractivity (Wildman–Crippen MR) is 220 cm³/mol. The second-order valence-corrected chi connectivity index (χ2v) is 20.0. The van der Waals surface area contributed by atoms with Crippen LogP contribution in [0.3, 0.4) is 0 Å². The molecule has 0 bridgehead atoms. The lowest BCUT2D eigenvalue weighted by atomic mass is 9.85. The van der Waals surface area contributed by atoms with Gasteiger partial charge in [0.05, 0.1) is 12.1 Å². The van der Waals surface area contributed by atoms with Gasteiger partial charge in [0.2, 0.25) is 41.4 Å². The Morgan fingerprint density at radius 3 is 1.93 bits per heavy atom. The van der Waals surface area contributed by atoms with Gasteiger partial charge in [0.25, 0.3) is 0 Å². The van der Waals surface area contributed by atoms with Crippen LogP contribution in [0.25, 0.3) is 0 Å². The van der Waals surface area contributed by atoms with Gasteiger partial charge < -0.3 is 46.3 Å². The molecule has 0 aromatic heterocycles. The number of aliphatic hydroxyl groups excluding tert-OH is 1. The molecule has 2 heterocycles. The molecule has 0 radical (unpaired) electrons. The van der Waals surface area contributed by atoms with E-state index < -0.39 is 76.9 Å². The minimum Gasteiger partial charge on any atom is -0.391 e. The largest absolute Gasteiger partial charge is 0.391 e. The number of nitrogens with zero attached hydrogens (tertiary/aromatic N) is 2. The van der Waals surface area contributed by atoms with Crippen LogP contribution in [0.5, 0.6) is 0 Å². The summed E-state index contributed by atoms with van der Waals surface area (Å²) >= 11 is 0. The normalized spacial score (nSPS) is 33.4. The molecule has 334 valence electrons. The lowest BCUT2D eigenvalue weighted by Crippen LogP contribution is -2.66. The third-order valence-corrected chi connectivity index (χ3v) is 14.5. The lowest BCUT2D eigenvalue weighted by molar-refractivity contribution is -0.145. The number of hydrogen-bond acceptors (Lipinski definition) is 9. The molecule has 4 aliphatic carbocycles. The standard InChI is InChI=1S/C44H69N7O9/c1-10-14-26-30-31(26)43(30,48-29(54)15-11-2)40(59)47-33(24(7)53)37(56)49-44(34-35(44)42(34,8)9)41(60)45-27(20-22(3)4)38(57)51-19-13-17-28(51)36(55)46-32(23(5)6)39(58)50-18-12-16-25(50)21-52/h21-28,30-35,53H,10-20H2,1-9H3,(H,45,60)(H,46,55)(H,47,59)(H,48,54)(H,49,56). The number of nitrogens with one attached hydrogen (secondary N) is 5. The Morgan fingerprint density at radius 2 is 1.38 bits per heavy atom. The van der Waals surface area contributed by atoms with Crippen LogP contribution < -0.4 is 26.6 Å². The second-order valence-electron chi connectivity index (χ2n) is 20.0. The van der Waals surface area contributed by atoms with E-state index in [4.69, 9.17) is 0 Å². The van der Waals surface area contributed by atoms with Crippen LogP contribution in [0.2, 0.25) is 0 Å². The van der Waals surface area contributed by atoms with Crippen LogP contribution >= 0.6 is 0 Å². The topological polar surface area (TPSA) is 223 Å². The summed E-state index contributed by atoms with van der Waals surface area (Å²) in [6, 6.07) is -4.73. The van der Waals surface area contributed by atoms with Gasteiger partial charge in [0, 0.05) is 43.2 Å². The number of carbonyl (C=O) groups excluding carboxylic acids is 8. The number of rotatable bonds is 20. The summed E-state index contributed by atoms with van der Waals surface area (Å²) in [5.74, 6) is -3.81. The molecule has 6 N–H and O–H groups in total. The summed E-state index contributed by atoms with van der Waals surface area (Å²) in [4.78, 5) is 112. The van der Waals surface area contributed by atoms with Gasteiger partial charge in [0.1, 0.15) is 41.5 Å². The van der Waals surface area contributed by atoms with E-state index in [-0.39, 0.29) is 72.1 Å². The summed E-state index contributed by atoms with van der Waals surface area (Å²) in [5.41, 5.74) is -2.77. The van der Waals surface area contributed by atoms with E-state index in [0.717, 1.165) is 19.1 Å². The van der Waals surface area contributed by atoms with Gasteiger partial charge in [-0.3, -0.25) is 33.6 Å². The van der Waals surface area contributed by atoms with Gasteiger partial charge in [-0.15, -0.1) is 0 Å². The molecule has 16 heteroatoms. The van der Waals surface area contributed by atoms with Gasteiger partial charge in [-0.25, -0.2) is 0 Å². The van der Waals surface area contributed by atoms with Gasteiger partial charge in [0.15, 0.2) is 0 Å². The highest BCUT2D eigenvalue weighted by Gasteiger charge is 2.92. The Balaban J connectivity index is 1.15. The zero-order valence-electron chi connectivity index (χ0n) is 37.0. The van der Waals surface area contributed by atoms with Crippen molar-refractivity contribution < 1.29 is 43.5 Å². The predicted octanol–water partition coefficient (Wildman–Crippen LogP) is 1.18. The molecule has 0 aromatic rings. The molecule has 60 heavy (non-hydrogen) atoms. The first kappa shape index (κ1) is 45.4. The van der Waals surface area contributed by atoms with Crippen molar-refractivity contribution in [2.75, 3.05) is 13.1 Å². The number of fused-ring (bicyclic) bond motifs is 2. The van der Waals surface area contributed by atoms with E-state index in [2.05, 4.69) is 33.5 Å².